The zero-order chi connectivity index (χ0) is 20.3. The van der Waals surface area contributed by atoms with Crippen LogP contribution in [0.5, 0.6) is 0 Å². The van der Waals surface area contributed by atoms with E-state index in [-0.39, 0.29) is 28.3 Å². The maximum absolute atomic E-state index is 13.1. The average molecular weight is 421 g/mol. The van der Waals surface area contributed by atoms with E-state index in [1.807, 2.05) is 38.1 Å². The molecule has 1 aliphatic heterocycles. The Balaban J connectivity index is 1.74. The molecule has 28 heavy (non-hydrogen) atoms. The Kier molecular flexibility index (Phi) is 6.62. The van der Waals surface area contributed by atoms with Crippen LogP contribution >= 0.6 is 23.4 Å². The van der Waals surface area contributed by atoms with E-state index in [2.05, 4.69) is 0 Å². The van der Waals surface area contributed by atoms with Gasteiger partial charge in [0.2, 0.25) is 5.91 Å². The molecule has 1 saturated heterocycles. The van der Waals surface area contributed by atoms with Gasteiger partial charge in [0.25, 0.3) is 5.91 Å². The van der Waals surface area contributed by atoms with Crippen molar-refractivity contribution in [1.82, 2.24) is 9.80 Å². The molecule has 1 fully saturated rings. The minimum absolute atomic E-state index is 0.0419. The summed E-state index contributed by atoms with van der Waals surface area (Å²) < 4.78 is 13.1. The summed E-state index contributed by atoms with van der Waals surface area (Å²) in [7, 11) is 0. The van der Waals surface area contributed by atoms with Gasteiger partial charge in [0, 0.05) is 35.8 Å². The molecule has 1 heterocycles. The third kappa shape index (κ3) is 4.33. The quantitative estimate of drug-likeness (QED) is 0.685. The minimum Gasteiger partial charge on any atom is -0.337 e. The second-order valence-corrected chi connectivity index (χ2v) is 8.41. The molecule has 0 saturated carbocycles. The third-order valence-electron chi connectivity index (χ3n) is 4.79. The number of nitrogens with zero attached hydrogens (tertiary/aromatic N) is 2. The average Bonchev–Trinajstić information content (AvgIpc) is 2.97. The monoisotopic (exact) mass is 420 g/mol. The third-order valence-corrected chi connectivity index (χ3v) is 6.51. The lowest BCUT2D eigenvalue weighted by Crippen LogP contribution is -2.40. The normalized spacial score (nSPS) is 19.1. The molecular weight excluding hydrogens is 399 g/mol. The zero-order valence-electron chi connectivity index (χ0n) is 15.8. The molecule has 2 atom stereocenters. The summed E-state index contributed by atoms with van der Waals surface area (Å²) in [5.41, 5.74) is 1.33. The van der Waals surface area contributed by atoms with Crippen LogP contribution in [0.15, 0.2) is 48.5 Å². The molecule has 148 valence electrons. The first-order chi connectivity index (χ1) is 13.4. The van der Waals surface area contributed by atoms with Crippen molar-refractivity contribution in [1.29, 1.82) is 0 Å². The predicted octanol–water partition coefficient (Wildman–Crippen LogP) is 4.60. The summed E-state index contributed by atoms with van der Waals surface area (Å²) >= 11 is 7.91. The summed E-state index contributed by atoms with van der Waals surface area (Å²) in [5, 5.41) is 0.293. The van der Waals surface area contributed by atoms with E-state index >= 15 is 0 Å². The van der Waals surface area contributed by atoms with Crippen molar-refractivity contribution in [3.8, 4) is 0 Å². The number of hydrogen-bond donors (Lipinski definition) is 0. The first-order valence-electron chi connectivity index (χ1n) is 9.17. The number of halogens is 2. The topological polar surface area (TPSA) is 40.6 Å². The van der Waals surface area contributed by atoms with Crippen molar-refractivity contribution < 1.29 is 14.0 Å². The van der Waals surface area contributed by atoms with Crippen molar-refractivity contribution in [2.75, 3.05) is 19.6 Å². The van der Waals surface area contributed by atoms with Gasteiger partial charge in [-0.3, -0.25) is 9.59 Å². The summed E-state index contributed by atoms with van der Waals surface area (Å²) in [4.78, 5) is 28.9. The number of benzene rings is 2. The Morgan fingerprint density at radius 1 is 1.21 bits per heavy atom. The van der Waals surface area contributed by atoms with Crippen LogP contribution in [0.1, 0.15) is 35.1 Å². The van der Waals surface area contributed by atoms with Gasteiger partial charge in [-0.1, -0.05) is 29.8 Å². The second-order valence-electron chi connectivity index (χ2n) is 6.58. The largest absolute Gasteiger partial charge is 0.337 e. The second kappa shape index (κ2) is 8.97. The summed E-state index contributed by atoms with van der Waals surface area (Å²) in [6.45, 7) is 5.07. The molecule has 0 unspecified atom stereocenters. The zero-order valence-corrected chi connectivity index (χ0v) is 17.3. The number of rotatable bonds is 6. The molecule has 0 spiro atoms. The highest BCUT2D eigenvalue weighted by Gasteiger charge is 2.39. The molecule has 3 rings (SSSR count). The van der Waals surface area contributed by atoms with Crippen molar-refractivity contribution in [2.45, 2.75) is 24.5 Å². The van der Waals surface area contributed by atoms with Gasteiger partial charge in [-0.25, -0.2) is 4.39 Å². The van der Waals surface area contributed by atoms with Crippen LogP contribution in [-0.4, -0.2) is 46.5 Å². The molecule has 0 radical (unpaired) electrons. The lowest BCUT2D eigenvalue weighted by atomic mass is 10.2. The molecule has 0 bridgehead atoms. The molecule has 2 aromatic carbocycles. The Morgan fingerprint density at radius 2 is 1.89 bits per heavy atom. The number of amides is 2. The van der Waals surface area contributed by atoms with Crippen LogP contribution in [0.2, 0.25) is 5.02 Å². The van der Waals surface area contributed by atoms with Gasteiger partial charge in [-0.2, -0.15) is 0 Å². The summed E-state index contributed by atoms with van der Waals surface area (Å²) in [5.74, 6) is -0.514. The first-order valence-corrected chi connectivity index (χ1v) is 10.5. The number of likely N-dealkylation sites (N-methyl/N-ethyl adjacent to an activating group) is 1. The molecule has 7 heteroatoms. The molecule has 2 amide bonds. The lowest BCUT2D eigenvalue weighted by molar-refractivity contribution is -0.130. The predicted molar refractivity (Wildman–Crippen MR) is 111 cm³/mol. The Bertz CT molecular complexity index is 862. The molecule has 0 aliphatic carbocycles. The Labute approximate surface area is 173 Å². The Morgan fingerprint density at radius 3 is 2.54 bits per heavy atom. The summed E-state index contributed by atoms with van der Waals surface area (Å²) in [6.07, 6.45) is 0. The van der Waals surface area contributed by atoms with Crippen LogP contribution in [0.3, 0.4) is 0 Å². The molecule has 1 aliphatic rings. The van der Waals surface area contributed by atoms with Gasteiger partial charge in [-0.05, 0) is 44.2 Å². The van der Waals surface area contributed by atoms with Gasteiger partial charge in [0.05, 0.1) is 5.25 Å². The summed E-state index contributed by atoms with van der Waals surface area (Å²) in [6, 6.07) is 13.0. The maximum atomic E-state index is 13.1. The first kappa shape index (κ1) is 20.7. The van der Waals surface area contributed by atoms with E-state index in [1.165, 1.54) is 24.3 Å². The standard InChI is InChI=1S/C21H22ClFN2O2S/c1-3-24(20(27)15-8-10-16(23)11-9-15)12-13-25-19(26)14(2)28-21(25)17-6-4-5-7-18(17)22/h4-11,14,21H,3,12-13H2,1-2H3/t14-,21+/m0/s1. The van der Waals surface area contributed by atoms with E-state index in [4.69, 9.17) is 11.6 Å². The van der Waals surface area contributed by atoms with Crippen LogP contribution < -0.4 is 0 Å². The highest BCUT2D eigenvalue weighted by atomic mass is 35.5. The SMILES string of the molecule is CCN(CCN1C(=O)[C@H](C)S[C@@H]1c1ccccc1Cl)C(=O)c1ccc(F)cc1. The van der Waals surface area contributed by atoms with Gasteiger partial charge in [0.1, 0.15) is 11.2 Å². The van der Waals surface area contributed by atoms with Gasteiger partial charge >= 0.3 is 0 Å². The van der Waals surface area contributed by atoms with Crippen LogP contribution in [0.25, 0.3) is 0 Å². The van der Waals surface area contributed by atoms with Gasteiger partial charge in [-0.15, -0.1) is 11.8 Å². The lowest BCUT2D eigenvalue weighted by Gasteiger charge is -2.28. The van der Waals surface area contributed by atoms with E-state index in [0.29, 0.717) is 30.2 Å². The molecule has 0 aromatic heterocycles. The fourth-order valence-corrected chi connectivity index (χ4v) is 4.88. The van der Waals surface area contributed by atoms with Crippen molar-refractivity contribution in [3.05, 3.63) is 70.5 Å². The number of thioether (sulfide) groups is 1. The highest BCUT2D eigenvalue weighted by Crippen LogP contribution is 2.44. The molecule has 0 N–H and O–H groups in total. The van der Waals surface area contributed by atoms with Crippen molar-refractivity contribution >= 4 is 35.2 Å². The van der Waals surface area contributed by atoms with Crippen LogP contribution in [0.4, 0.5) is 4.39 Å². The molecular formula is C21H22ClFN2O2S. The van der Waals surface area contributed by atoms with E-state index in [0.717, 1.165) is 5.56 Å². The fourth-order valence-electron chi connectivity index (χ4n) is 3.22. The fraction of sp³-hybridized carbons (Fsp3) is 0.333. The van der Waals surface area contributed by atoms with Crippen LogP contribution in [0, 0.1) is 5.82 Å². The van der Waals surface area contributed by atoms with Gasteiger partial charge < -0.3 is 9.80 Å². The maximum Gasteiger partial charge on any atom is 0.253 e. The van der Waals surface area contributed by atoms with Crippen molar-refractivity contribution in [2.24, 2.45) is 0 Å². The number of carbonyl (C=O) groups excluding carboxylic acids is 2. The smallest absolute Gasteiger partial charge is 0.253 e. The Hall–Kier alpha value is -2.05. The number of carbonyl (C=O) groups is 2. The van der Waals surface area contributed by atoms with Crippen molar-refractivity contribution in [3.63, 3.8) is 0 Å². The van der Waals surface area contributed by atoms with E-state index < -0.39 is 0 Å². The molecule has 2 aromatic rings. The number of hydrogen-bond acceptors (Lipinski definition) is 3. The van der Waals surface area contributed by atoms with E-state index in [1.54, 1.807) is 21.6 Å². The molecule has 4 nitrogen and oxygen atoms in total. The highest BCUT2D eigenvalue weighted by molar-refractivity contribution is 8.01. The van der Waals surface area contributed by atoms with Crippen LogP contribution in [-0.2, 0) is 4.79 Å². The van der Waals surface area contributed by atoms with Gasteiger partial charge in [0.15, 0.2) is 0 Å². The minimum atomic E-state index is -0.379. The van der Waals surface area contributed by atoms with E-state index in [9.17, 15) is 14.0 Å².